The Morgan fingerprint density at radius 1 is 0.523 bits per heavy atom. The van der Waals surface area contributed by atoms with E-state index in [4.69, 9.17) is 33.5 Å². The van der Waals surface area contributed by atoms with Crippen molar-refractivity contribution >= 4 is 95.0 Å². The fraction of sp³-hybridized carbons (Fsp3) is 0.360. The topological polar surface area (TPSA) is 443 Å². The molecule has 8 N–H and O–H groups in total. The molecule has 2 unspecified atom stereocenters. The Hall–Kier alpha value is -13.4. The van der Waals surface area contributed by atoms with Gasteiger partial charge in [-0.1, -0.05) is 37.1 Å². The van der Waals surface area contributed by atoms with Gasteiger partial charge in [-0.2, -0.15) is 36.5 Å². The van der Waals surface area contributed by atoms with Gasteiger partial charge in [-0.15, -0.1) is 12.4 Å². The number of nitrogens with zero attached hydrogens (tertiary/aromatic N) is 10. The molecule has 2 saturated carbocycles. The van der Waals surface area contributed by atoms with Crippen LogP contribution >= 0.6 is 12.4 Å². The van der Waals surface area contributed by atoms with E-state index in [-0.39, 0.29) is 83.6 Å². The number of amides is 10. The molecule has 4 aromatic carbocycles. The summed E-state index contributed by atoms with van der Waals surface area (Å²) in [4.78, 5) is 154. The molecule has 10 heterocycles. The fourth-order valence-corrected chi connectivity index (χ4v) is 14.4. The first-order chi connectivity index (χ1) is 62.2. The van der Waals surface area contributed by atoms with Crippen LogP contribution < -0.4 is 37.6 Å². The Labute approximate surface area is 744 Å². The second-order valence-corrected chi connectivity index (χ2v) is 31.1. The molecule has 0 radical (unpaired) electrons. The predicted octanol–water partition coefficient (Wildman–Crippen LogP) is 11.0. The SMILES string of the molecule is Cl.NCCOCCOCCCc1ccc2c(c1)C(=O)N(C1CCC(=O)NC1=O)C2=O.O=C1CCC(N2C(=O)c3ccc(CCCOCCOCCNCc4ccc(-n5cc(NC(=O)c6coc(-c7ccnc(NCC8CC8)c7)n6)c(C(F)(F)F)n5)cc4)cc3C2=O)C(=O)N1.O=Cc1ccc(-n2cc(NC(=O)c3coc(-c4ccnc(CCC5CC5)c4)n3)c(C(F)(F)F)n2)cc1. The summed E-state index contributed by atoms with van der Waals surface area (Å²) in [5.74, 6) is -3.63. The normalized spacial score (nSPS) is 16.0. The van der Waals surface area contributed by atoms with Gasteiger partial charge in [-0.3, -0.25) is 78.2 Å². The number of rotatable bonds is 38. The lowest BCUT2D eigenvalue weighted by Gasteiger charge is -2.27. The van der Waals surface area contributed by atoms with Crippen LogP contribution in [0.1, 0.15) is 177 Å². The van der Waals surface area contributed by atoms with Crippen LogP contribution in [0.5, 0.6) is 0 Å². The molecule has 34 nitrogen and oxygen atoms in total. The first-order valence-corrected chi connectivity index (χ1v) is 41.8. The zero-order chi connectivity index (χ0) is 90.9. The third-order valence-electron chi connectivity index (χ3n) is 21.6. The number of aldehydes is 1. The second-order valence-electron chi connectivity index (χ2n) is 31.1. The summed E-state index contributed by atoms with van der Waals surface area (Å²) in [7, 11) is 0. The van der Waals surface area contributed by atoms with Crippen molar-refractivity contribution in [3.63, 3.8) is 0 Å². The maximum Gasteiger partial charge on any atom is 0.437 e. The van der Waals surface area contributed by atoms with Crippen molar-refractivity contribution in [1.29, 1.82) is 0 Å². The number of pyridine rings is 2. The second kappa shape index (κ2) is 43.2. The Bertz CT molecular complexity index is 5800. The third kappa shape index (κ3) is 24.3. The number of ether oxygens (including phenoxy) is 4. The fourth-order valence-electron chi connectivity index (χ4n) is 14.4. The van der Waals surface area contributed by atoms with E-state index < -0.39 is 106 Å². The molecule has 6 aliphatic rings. The van der Waals surface area contributed by atoms with E-state index in [1.807, 2.05) is 12.1 Å². The molecular formula is C89H90ClF6N17O17. The maximum absolute atomic E-state index is 14.0. The number of alkyl halides is 6. The highest BCUT2D eigenvalue weighted by atomic mass is 35.5. The molecule has 10 aromatic rings. The summed E-state index contributed by atoms with van der Waals surface area (Å²) in [6.07, 6.45) is 8.32. The molecule has 16 rings (SSSR count). The lowest BCUT2D eigenvalue weighted by Crippen LogP contribution is -2.54. The minimum Gasteiger partial charge on any atom is -0.444 e. The molecule has 0 bridgehead atoms. The lowest BCUT2D eigenvalue weighted by molar-refractivity contribution is -0.141. The van der Waals surface area contributed by atoms with Crippen molar-refractivity contribution in [1.82, 2.24) is 65.2 Å². The van der Waals surface area contributed by atoms with Crippen molar-refractivity contribution in [3.05, 3.63) is 219 Å². The monoisotopic (exact) mass is 1820 g/mol. The maximum atomic E-state index is 14.0. The van der Waals surface area contributed by atoms with E-state index in [0.29, 0.717) is 138 Å². The van der Waals surface area contributed by atoms with Crippen LogP contribution in [0.3, 0.4) is 0 Å². The number of nitrogens with one attached hydrogen (secondary N) is 6. The molecule has 682 valence electrons. The van der Waals surface area contributed by atoms with Gasteiger partial charge in [0.05, 0.1) is 97.0 Å². The van der Waals surface area contributed by atoms with Gasteiger partial charge in [-0.25, -0.2) is 24.3 Å². The van der Waals surface area contributed by atoms with Crippen molar-refractivity contribution in [2.24, 2.45) is 17.6 Å². The largest absolute Gasteiger partial charge is 0.444 e. The molecule has 6 aromatic heterocycles. The Morgan fingerprint density at radius 3 is 1.46 bits per heavy atom. The summed E-state index contributed by atoms with van der Waals surface area (Å²) < 4.78 is 118. The Balaban J connectivity index is 0.000000183. The number of fused-ring (bicyclic) bond motifs is 2. The first-order valence-electron chi connectivity index (χ1n) is 41.8. The minimum atomic E-state index is -4.85. The summed E-state index contributed by atoms with van der Waals surface area (Å²) in [5.41, 5.74) is 8.09. The molecular weight excluding hydrogens is 1730 g/mol. The van der Waals surface area contributed by atoms with E-state index >= 15 is 0 Å². The lowest BCUT2D eigenvalue weighted by atomic mass is 10.0. The summed E-state index contributed by atoms with van der Waals surface area (Å²) in [5, 5.41) is 22.7. The van der Waals surface area contributed by atoms with Crippen molar-refractivity contribution < 1.29 is 107 Å². The molecule has 4 fully saturated rings. The quantitative estimate of drug-likeness (QED) is 0.00818. The predicted molar refractivity (Wildman–Crippen MR) is 454 cm³/mol. The van der Waals surface area contributed by atoms with Gasteiger partial charge in [-0.05, 0) is 178 Å². The zero-order valence-electron chi connectivity index (χ0n) is 69.8. The van der Waals surface area contributed by atoms with Crippen molar-refractivity contribution in [2.45, 2.75) is 121 Å². The van der Waals surface area contributed by atoms with Crippen LogP contribution in [0.4, 0.5) is 43.5 Å². The van der Waals surface area contributed by atoms with E-state index in [2.05, 4.69) is 62.0 Å². The van der Waals surface area contributed by atoms with Crippen LogP contribution in [0.2, 0.25) is 0 Å². The highest BCUT2D eigenvalue weighted by molar-refractivity contribution is 6.24. The smallest absolute Gasteiger partial charge is 0.437 e. The molecule has 2 aliphatic carbocycles. The van der Waals surface area contributed by atoms with Crippen LogP contribution in [-0.4, -0.2) is 199 Å². The van der Waals surface area contributed by atoms with Gasteiger partial charge in [0.15, 0.2) is 22.8 Å². The van der Waals surface area contributed by atoms with Crippen molar-refractivity contribution in [3.8, 4) is 34.3 Å². The van der Waals surface area contributed by atoms with Crippen LogP contribution in [0, 0.1) is 11.8 Å². The molecule has 10 amide bonds. The van der Waals surface area contributed by atoms with E-state index in [9.17, 15) is 79.1 Å². The standard InChI is InChI=1S/C44H44F3N9O8.C25H20F3N5O3.C20H25N3O6.ClH/c45-44(46,47)38-33(51-39(58)34-25-64-41(52-34)29-13-14-49-36(21-29)50-23-28-3-4-28)24-55(54-38)30-8-5-27(6-9-30)22-48-15-17-63-19-18-62-16-1-2-26-7-10-31-32(20-26)43(61)56(42(31)60)35-11-12-37(57)53-40(35)59;26-25(27,28)22-20(12-33(32-22)19-7-4-16(13-34)5-8-19)30-23(35)21-14-36-24(31-21)17-9-10-29-18(11-17)6-3-15-1-2-15;21-7-9-29-11-10-28-8-1-2-13-3-4-14-15(12-13)20(27)23(19(14)26)16-5-6-17(24)22-18(16)25;/h5-10,13-14,20-21,24-25,28,35,48H,1-4,11-12,15-19,22-23H2,(H,49,50)(H,51,58)(H,53,57,59);4-5,7-15H,1-3,6H2,(H,30,35);3-4,12,16H,1-2,5-11,21H2,(H,22,24,25);1H. The number of nitrogens with two attached hydrogens (primary N) is 1. The van der Waals surface area contributed by atoms with Gasteiger partial charge in [0.2, 0.25) is 35.4 Å². The number of carbonyl (C=O) groups is 11. The zero-order valence-corrected chi connectivity index (χ0v) is 70.6. The number of hydrogen-bond donors (Lipinski definition) is 7. The van der Waals surface area contributed by atoms with Gasteiger partial charge < -0.3 is 54.8 Å². The van der Waals surface area contributed by atoms with E-state index in [0.717, 1.165) is 98.2 Å². The van der Waals surface area contributed by atoms with Crippen LogP contribution in [0.25, 0.3) is 34.3 Å². The van der Waals surface area contributed by atoms with Gasteiger partial charge in [0.25, 0.3) is 35.4 Å². The number of piperidine rings is 2. The van der Waals surface area contributed by atoms with Gasteiger partial charge in [0.1, 0.15) is 36.7 Å². The molecule has 2 saturated heterocycles. The highest BCUT2D eigenvalue weighted by Crippen LogP contribution is 2.39. The molecule has 0 spiro atoms. The third-order valence-corrected chi connectivity index (χ3v) is 21.6. The molecule has 130 heavy (non-hydrogen) atoms. The van der Waals surface area contributed by atoms with Gasteiger partial charge >= 0.3 is 12.4 Å². The number of anilines is 3. The number of oxazole rings is 2. The average Bonchev–Trinajstić information content (AvgIpc) is 1.61. The Morgan fingerprint density at radius 2 is 0.985 bits per heavy atom. The number of halogens is 7. The van der Waals surface area contributed by atoms with Crippen LogP contribution in [-0.2, 0) is 76.3 Å². The van der Waals surface area contributed by atoms with Crippen molar-refractivity contribution in [2.75, 3.05) is 88.4 Å². The van der Waals surface area contributed by atoms with E-state index in [1.54, 1.807) is 85.2 Å². The summed E-state index contributed by atoms with van der Waals surface area (Å²) >= 11 is 0. The van der Waals surface area contributed by atoms with E-state index in [1.165, 1.54) is 49.9 Å². The average molecular weight is 1820 g/mol. The summed E-state index contributed by atoms with van der Waals surface area (Å²) in [6.45, 7) is 5.98. The first kappa shape index (κ1) is 94.2. The van der Waals surface area contributed by atoms with Crippen LogP contribution in [0.15, 0.2) is 155 Å². The summed E-state index contributed by atoms with van der Waals surface area (Å²) in [6, 6.07) is 27.7. The number of imide groups is 4. The number of aryl methyl sites for hydroxylation is 3. The molecule has 2 atom stereocenters. The number of carbonyl (C=O) groups excluding carboxylic acids is 11. The number of benzene rings is 4. The Kier molecular flexibility index (Phi) is 31.3. The number of hydrogen-bond acceptors (Lipinski definition) is 26. The number of aromatic nitrogens is 8. The molecule has 4 aliphatic heterocycles. The minimum absolute atomic E-state index is 0. The molecule has 41 heteroatoms. The highest BCUT2D eigenvalue weighted by Gasteiger charge is 2.47. The van der Waals surface area contributed by atoms with Gasteiger partial charge in [0, 0.05) is 87.0 Å².